The molecule has 0 amide bonds. The molecule has 0 radical (unpaired) electrons. The van der Waals surface area contributed by atoms with Gasteiger partial charge in [0.05, 0.1) is 6.61 Å². The SMILES string of the molecule is c1ccc(C(c2ccccc2)(c2ccccc2)n2ccnc2CCCOC2CCCCO2)cc1. The number of aromatic nitrogens is 2. The van der Waals surface area contributed by atoms with Crippen molar-refractivity contribution in [2.75, 3.05) is 13.2 Å². The maximum Gasteiger partial charge on any atom is 0.157 e. The standard InChI is InChI=1S/C30H32N2O2/c1-4-13-25(14-5-1)30(26-15-6-2-7-16-26,27-17-8-3-9-18-27)32-22-21-31-28(32)19-12-24-34-29-20-10-11-23-33-29/h1-9,13-18,21-22,29H,10-12,19-20,23-24H2. The second-order valence-corrected chi connectivity index (χ2v) is 8.79. The van der Waals surface area contributed by atoms with Crippen LogP contribution in [0.1, 0.15) is 48.2 Å². The zero-order valence-corrected chi connectivity index (χ0v) is 19.6. The molecule has 4 aromatic rings. The summed E-state index contributed by atoms with van der Waals surface area (Å²) in [5.41, 5.74) is 3.10. The Morgan fingerprint density at radius 2 is 1.41 bits per heavy atom. The monoisotopic (exact) mass is 452 g/mol. The molecule has 0 aliphatic carbocycles. The van der Waals surface area contributed by atoms with Crippen molar-refractivity contribution in [2.24, 2.45) is 0 Å². The summed E-state index contributed by atoms with van der Waals surface area (Å²) in [4.78, 5) is 4.82. The Morgan fingerprint density at radius 1 is 0.824 bits per heavy atom. The summed E-state index contributed by atoms with van der Waals surface area (Å²) < 4.78 is 14.1. The first-order chi connectivity index (χ1) is 16.9. The maximum atomic E-state index is 6.00. The molecule has 1 unspecified atom stereocenters. The number of hydrogen-bond acceptors (Lipinski definition) is 3. The molecule has 1 saturated heterocycles. The van der Waals surface area contributed by atoms with Crippen LogP contribution in [0.4, 0.5) is 0 Å². The van der Waals surface area contributed by atoms with E-state index in [0.29, 0.717) is 6.61 Å². The highest BCUT2D eigenvalue weighted by atomic mass is 16.7. The molecule has 1 fully saturated rings. The van der Waals surface area contributed by atoms with Crippen LogP contribution in [0.2, 0.25) is 0 Å². The summed E-state index contributed by atoms with van der Waals surface area (Å²) in [6, 6.07) is 32.2. The fourth-order valence-electron chi connectivity index (χ4n) is 5.07. The van der Waals surface area contributed by atoms with Crippen molar-refractivity contribution in [3.8, 4) is 0 Å². The Bertz CT molecular complexity index is 1040. The van der Waals surface area contributed by atoms with Gasteiger partial charge >= 0.3 is 0 Å². The van der Waals surface area contributed by atoms with E-state index < -0.39 is 5.54 Å². The van der Waals surface area contributed by atoms with Crippen LogP contribution in [0.3, 0.4) is 0 Å². The molecule has 0 saturated carbocycles. The van der Waals surface area contributed by atoms with Gasteiger partial charge in [0.15, 0.2) is 6.29 Å². The van der Waals surface area contributed by atoms with Gasteiger partial charge in [-0.25, -0.2) is 4.98 Å². The van der Waals surface area contributed by atoms with Crippen molar-refractivity contribution in [1.29, 1.82) is 0 Å². The van der Waals surface area contributed by atoms with E-state index >= 15 is 0 Å². The highest BCUT2D eigenvalue weighted by molar-refractivity contribution is 5.51. The summed E-state index contributed by atoms with van der Waals surface area (Å²) in [5.74, 6) is 1.05. The quantitative estimate of drug-likeness (QED) is 0.224. The minimum Gasteiger partial charge on any atom is -0.353 e. The lowest BCUT2D eigenvalue weighted by Gasteiger charge is -2.38. The van der Waals surface area contributed by atoms with Crippen LogP contribution in [0.25, 0.3) is 0 Å². The van der Waals surface area contributed by atoms with Crippen molar-refractivity contribution in [3.63, 3.8) is 0 Å². The third-order valence-corrected chi connectivity index (χ3v) is 6.64. The van der Waals surface area contributed by atoms with E-state index in [1.807, 2.05) is 6.20 Å². The van der Waals surface area contributed by atoms with Gasteiger partial charge in [-0.2, -0.15) is 0 Å². The fourth-order valence-corrected chi connectivity index (χ4v) is 5.07. The van der Waals surface area contributed by atoms with Crippen LogP contribution >= 0.6 is 0 Å². The first-order valence-electron chi connectivity index (χ1n) is 12.3. The Labute approximate surface area is 202 Å². The molecule has 0 spiro atoms. The smallest absolute Gasteiger partial charge is 0.157 e. The van der Waals surface area contributed by atoms with Crippen molar-refractivity contribution in [2.45, 2.75) is 43.9 Å². The number of nitrogens with zero attached hydrogens (tertiary/aromatic N) is 2. The van der Waals surface area contributed by atoms with Crippen molar-refractivity contribution < 1.29 is 9.47 Å². The van der Waals surface area contributed by atoms with Crippen LogP contribution in [-0.2, 0) is 21.4 Å². The van der Waals surface area contributed by atoms with Gasteiger partial charge in [-0.1, -0.05) is 91.0 Å². The number of benzene rings is 3. The van der Waals surface area contributed by atoms with E-state index in [0.717, 1.165) is 38.1 Å². The predicted octanol–water partition coefficient (Wildman–Crippen LogP) is 6.20. The third-order valence-electron chi connectivity index (χ3n) is 6.64. The van der Waals surface area contributed by atoms with Gasteiger partial charge in [-0.05, 0) is 42.4 Å². The van der Waals surface area contributed by atoms with Crippen LogP contribution in [0.5, 0.6) is 0 Å². The van der Waals surface area contributed by atoms with Gasteiger partial charge in [-0.3, -0.25) is 0 Å². The predicted molar refractivity (Wildman–Crippen MR) is 135 cm³/mol. The maximum absolute atomic E-state index is 6.00. The van der Waals surface area contributed by atoms with E-state index in [1.165, 1.54) is 23.1 Å². The Morgan fingerprint density at radius 3 is 1.94 bits per heavy atom. The molecule has 34 heavy (non-hydrogen) atoms. The average molecular weight is 453 g/mol. The second-order valence-electron chi connectivity index (χ2n) is 8.79. The average Bonchev–Trinajstić information content (AvgIpc) is 3.38. The molecule has 1 aliphatic rings. The molecule has 0 bridgehead atoms. The topological polar surface area (TPSA) is 36.3 Å². The number of imidazole rings is 1. The van der Waals surface area contributed by atoms with Gasteiger partial charge in [-0.15, -0.1) is 0 Å². The van der Waals surface area contributed by atoms with E-state index in [4.69, 9.17) is 14.5 Å². The fraction of sp³-hybridized carbons (Fsp3) is 0.300. The van der Waals surface area contributed by atoms with E-state index in [1.54, 1.807) is 0 Å². The van der Waals surface area contributed by atoms with Gasteiger partial charge < -0.3 is 14.0 Å². The minimum absolute atomic E-state index is 0.0504. The highest BCUT2D eigenvalue weighted by Crippen LogP contribution is 2.41. The van der Waals surface area contributed by atoms with E-state index in [2.05, 4.69) is 102 Å². The first-order valence-corrected chi connectivity index (χ1v) is 12.3. The molecule has 4 heteroatoms. The van der Waals surface area contributed by atoms with Gasteiger partial charge in [0, 0.05) is 25.4 Å². The van der Waals surface area contributed by atoms with Gasteiger partial charge in [0.2, 0.25) is 0 Å². The minimum atomic E-state index is -0.525. The van der Waals surface area contributed by atoms with Crippen molar-refractivity contribution in [1.82, 2.24) is 9.55 Å². The van der Waals surface area contributed by atoms with Crippen LogP contribution in [0, 0.1) is 0 Å². The van der Waals surface area contributed by atoms with E-state index in [-0.39, 0.29) is 6.29 Å². The summed E-state index contributed by atoms with van der Waals surface area (Å²) in [6.45, 7) is 1.48. The van der Waals surface area contributed by atoms with Crippen LogP contribution in [-0.4, -0.2) is 29.1 Å². The Kier molecular flexibility index (Phi) is 7.18. The number of rotatable bonds is 9. The highest BCUT2D eigenvalue weighted by Gasteiger charge is 2.39. The summed E-state index contributed by atoms with van der Waals surface area (Å²) >= 11 is 0. The summed E-state index contributed by atoms with van der Waals surface area (Å²) in [6.07, 6.45) is 9.02. The van der Waals surface area contributed by atoms with Gasteiger partial charge in [0.1, 0.15) is 11.4 Å². The lowest BCUT2D eigenvalue weighted by Crippen LogP contribution is -2.38. The number of ether oxygens (including phenoxy) is 2. The van der Waals surface area contributed by atoms with Crippen LogP contribution < -0.4 is 0 Å². The molecule has 1 atom stereocenters. The lowest BCUT2D eigenvalue weighted by atomic mass is 9.76. The number of hydrogen-bond donors (Lipinski definition) is 0. The van der Waals surface area contributed by atoms with Gasteiger partial charge in [0.25, 0.3) is 0 Å². The number of aryl methyl sites for hydroxylation is 1. The zero-order chi connectivity index (χ0) is 23.1. The second kappa shape index (κ2) is 10.8. The van der Waals surface area contributed by atoms with Crippen LogP contribution in [0.15, 0.2) is 103 Å². The Balaban J connectivity index is 1.53. The zero-order valence-electron chi connectivity index (χ0n) is 19.6. The summed E-state index contributed by atoms with van der Waals surface area (Å²) in [7, 11) is 0. The molecule has 174 valence electrons. The largest absolute Gasteiger partial charge is 0.353 e. The third kappa shape index (κ3) is 4.56. The van der Waals surface area contributed by atoms with Crippen molar-refractivity contribution in [3.05, 3.63) is 126 Å². The van der Waals surface area contributed by atoms with E-state index in [9.17, 15) is 0 Å². The molecule has 1 aromatic heterocycles. The summed E-state index contributed by atoms with van der Waals surface area (Å²) in [5, 5.41) is 0. The molecule has 0 N–H and O–H groups in total. The first kappa shape index (κ1) is 22.6. The normalized spacial score (nSPS) is 16.4. The molecule has 1 aliphatic heterocycles. The molecule has 2 heterocycles. The molecule has 3 aromatic carbocycles. The van der Waals surface area contributed by atoms with Crippen molar-refractivity contribution >= 4 is 0 Å². The lowest BCUT2D eigenvalue weighted by molar-refractivity contribution is -0.162. The molecule has 4 nitrogen and oxygen atoms in total. The Hall–Kier alpha value is -3.21. The molecule has 5 rings (SSSR count). The molecular formula is C30H32N2O2. The molecular weight excluding hydrogens is 420 g/mol.